The third-order valence-corrected chi connectivity index (χ3v) is 8.24. The number of likely N-dealkylation sites (tertiary alicyclic amines) is 1. The van der Waals surface area contributed by atoms with Crippen LogP contribution in [0.4, 0.5) is 26.9 Å². The molecule has 1 fully saturated rings. The second-order valence-electron chi connectivity index (χ2n) is 9.74. The zero-order valence-corrected chi connectivity index (χ0v) is 22.7. The molecule has 9 nitrogen and oxygen atoms in total. The lowest BCUT2D eigenvalue weighted by atomic mass is 9.96. The minimum absolute atomic E-state index is 0.118. The molecule has 2 aromatic heterocycles. The molecule has 2 aromatic carbocycles. The predicted molar refractivity (Wildman–Crippen MR) is 157 cm³/mol. The molecule has 0 radical (unpaired) electrons. The van der Waals surface area contributed by atoms with Crippen molar-refractivity contribution >= 4 is 61.5 Å². The third-order valence-electron chi connectivity index (χ3n) is 7.22. The Balaban J connectivity index is 1.26. The van der Waals surface area contributed by atoms with Gasteiger partial charge in [0.25, 0.3) is 0 Å². The maximum absolute atomic E-state index is 13.5. The van der Waals surface area contributed by atoms with E-state index in [0.717, 1.165) is 16.7 Å². The van der Waals surface area contributed by atoms with Gasteiger partial charge < -0.3 is 20.3 Å². The van der Waals surface area contributed by atoms with Crippen LogP contribution in [0, 0.1) is 12.8 Å². The van der Waals surface area contributed by atoms with Crippen molar-refractivity contribution in [1.82, 2.24) is 9.88 Å². The Kier molecular flexibility index (Phi) is 6.69. The summed E-state index contributed by atoms with van der Waals surface area (Å²) in [5, 5.41) is 7.34. The van der Waals surface area contributed by atoms with Gasteiger partial charge in [0, 0.05) is 25.2 Å². The molecule has 0 aliphatic carbocycles. The number of nitrogens with one attached hydrogen (secondary N) is 2. The topological polar surface area (TPSA) is 104 Å². The number of anilines is 4. The van der Waals surface area contributed by atoms with Gasteiger partial charge in [0.2, 0.25) is 11.8 Å². The second kappa shape index (κ2) is 10.5. The molecule has 4 aromatic rings. The number of hydrogen-bond acceptors (Lipinski definition) is 6. The number of hydrogen-bond donors (Lipinski definition) is 2. The zero-order valence-electron chi connectivity index (χ0n) is 21.8. The summed E-state index contributed by atoms with van der Waals surface area (Å²) in [6.45, 7) is 6.48. The van der Waals surface area contributed by atoms with E-state index < -0.39 is 0 Å². The highest BCUT2D eigenvalue weighted by molar-refractivity contribution is 7.23. The summed E-state index contributed by atoms with van der Waals surface area (Å²) < 4.78 is 5.96. The Morgan fingerprint density at radius 3 is 2.60 bits per heavy atom. The average molecular weight is 554 g/mol. The fourth-order valence-corrected chi connectivity index (χ4v) is 6.21. The molecule has 0 unspecified atom stereocenters. The summed E-state index contributed by atoms with van der Waals surface area (Å²) >= 11 is 1.33. The molecule has 0 bridgehead atoms. The van der Waals surface area contributed by atoms with Crippen molar-refractivity contribution in [1.29, 1.82) is 0 Å². The van der Waals surface area contributed by atoms with Crippen LogP contribution in [0.25, 0.3) is 10.2 Å². The number of urea groups is 1. The number of benzene rings is 2. The smallest absolute Gasteiger partial charge is 0.331 e. The molecule has 2 aliphatic heterocycles. The minimum atomic E-state index is -0.329. The fraction of sp³-hybridized carbons (Fsp3) is 0.200. The average Bonchev–Trinajstić information content (AvgIpc) is 3.31. The Hall–Kier alpha value is -4.70. The Bertz CT molecular complexity index is 1640. The van der Waals surface area contributed by atoms with Crippen LogP contribution in [0.15, 0.2) is 73.4 Å². The number of amides is 4. The van der Waals surface area contributed by atoms with Crippen LogP contribution in [0.1, 0.15) is 18.4 Å². The van der Waals surface area contributed by atoms with Crippen LogP contribution in [0.3, 0.4) is 0 Å². The molecule has 2 aliphatic rings. The highest BCUT2D eigenvalue weighted by atomic mass is 32.1. The van der Waals surface area contributed by atoms with Crippen molar-refractivity contribution in [2.45, 2.75) is 19.8 Å². The lowest BCUT2D eigenvalue weighted by molar-refractivity contribution is -0.130. The van der Waals surface area contributed by atoms with E-state index in [1.807, 2.05) is 61.5 Å². The first-order valence-corrected chi connectivity index (χ1v) is 13.8. The van der Waals surface area contributed by atoms with E-state index in [-0.39, 0.29) is 23.8 Å². The van der Waals surface area contributed by atoms with E-state index in [2.05, 4.69) is 22.2 Å². The van der Waals surface area contributed by atoms with E-state index in [1.165, 1.54) is 17.4 Å². The molecular weight excluding hydrogens is 526 g/mol. The van der Waals surface area contributed by atoms with Crippen LogP contribution >= 0.6 is 11.3 Å². The van der Waals surface area contributed by atoms with Crippen molar-refractivity contribution in [3.8, 4) is 11.5 Å². The van der Waals surface area contributed by atoms with Gasteiger partial charge in [0.15, 0.2) is 0 Å². The first kappa shape index (κ1) is 25.6. The number of para-hydroxylation sites is 1. The lowest BCUT2D eigenvalue weighted by Crippen LogP contribution is -2.40. The monoisotopic (exact) mass is 553 g/mol. The lowest BCUT2D eigenvalue weighted by Gasteiger charge is -2.31. The number of carbonyl (C=O) groups is 3. The Labute approximate surface area is 235 Å². The molecule has 0 atom stereocenters. The quantitative estimate of drug-likeness (QED) is 0.267. The maximum Gasteiger partial charge on any atom is 0.331 e. The van der Waals surface area contributed by atoms with Gasteiger partial charge in [-0.25, -0.2) is 9.78 Å². The van der Waals surface area contributed by atoms with E-state index in [1.54, 1.807) is 16.0 Å². The van der Waals surface area contributed by atoms with Gasteiger partial charge >= 0.3 is 6.03 Å². The molecule has 40 heavy (non-hydrogen) atoms. The second-order valence-corrected chi connectivity index (χ2v) is 10.7. The number of carbonyl (C=O) groups excluding carboxylic acids is 3. The predicted octanol–water partition coefficient (Wildman–Crippen LogP) is 6.44. The third kappa shape index (κ3) is 4.66. The largest absolute Gasteiger partial charge is 0.457 e. The van der Waals surface area contributed by atoms with Gasteiger partial charge in [0.05, 0.1) is 22.4 Å². The van der Waals surface area contributed by atoms with Crippen molar-refractivity contribution in [3.63, 3.8) is 0 Å². The first-order chi connectivity index (χ1) is 19.4. The van der Waals surface area contributed by atoms with Crippen molar-refractivity contribution in [2.24, 2.45) is 5.92 Å². The van der Waals surface area contributed by atoms with Crippen LogP contribution in [-0.4, -0.2) is 40.8 Å². The number of aromatic nitrogens is 1. The normalized spacial score (nSPS) is 15.1. The van der Waals surface area contributed by atoms with E-state index in [9.17, 15) is 14.4 Å². The van der Waals surface area contributed by atoms with Crippen LogP contribution in [-0.2, 0) is 9.59 Å². The maximum atomic E-state index is 13.5. The molecule has 2 N–H and O–H groups in total. The van der Waals surface area contributed by atoms with Gasteiger partial charge in [-0.15, -0.1) is 0 Å². The van der Waals surface area contributed by atoms with Crippen molar-refractivity contribution in [3.05, 3.63) is 79.0 Å². The van der Waals surface area contributed by atoms with Crippen molar-refractivity contribution < 1.29 is 19.1 Å². The number of ether oxygens (including phenoxy) is 1. The van der Waals surface area contributed by atoms with E-state index in [0.29, 0.717) is 58.6 Å². The molecule has 0 spiro atoms. The summed E-state index contributed by atoms with van der Waals surface area (Å²) in [6.07, 6.45) is 4.11. The number of rotatable bonds is 6. The standard InChI is InChI=1S/C30H27N5O4S/c1-3-24(36)34-15-12-19(13-16-34)27(37)33-29-26-25-23(11-14-31-28(25)40-29)35(30(38)32-26)22-10-9-21(17-18(22)2)39-20-7-5-4-6-8-20/h3-11,14,17,19H,1,12-13,15-16H2,2H3,(H,32,38)(H,33,37). The van der Waals surface area contributed by atoms with Crippen LogP contribution < -0.4 is 20.3 Å². The number of aryl methyl sites for hydroxylation is 1. The summed E-state index contributed by atoms with van der Waals surface area (Å²) in [6, 6.07) is 16.6. The SMILES string of the molecule is C=CC(=O)N1CCC(C(=O)Nc2sc3nccc4c3c2NC(=O)N4c2ccc(Oc3ccccc3)cc2C)CC1. The minimum Gasteiger partial charge on any atom is -0.457 e. The van der Waals surface area contributed by atoms with Gasteiger partial charge in [-0.2, -0.15) is 0 Å². The molecular formula is C30H27N5O4S. The van der Waals surface area contributed by atoms with Gasteiger partial charge in [0.1, 0.15) is 21.3 Å². The molecule has 0 saturated carbocycles. The molecule has 10 heteroatoms. The Morgan fingerprint density at radius 1 is 1.10 bits per heavy atom. The molecule has 4 amide bonds. The number of pyridine rings is 1. The van der Waals surface area contributed by atoms with Crippen LogP contribution in [0.2, 0.25) is 0 Å². The van der Waals surface area contributed by atoms with Gasteiger partial charge in [-0.1, -0.05) is 36.1 Å². The van der Waals surface area contributed by atoms with E-state index >= 15 is 0 Å². The summed E-state index contributed by atoms with van der Waals surface area (Å²) in [7, 11) is 0. The molecule has 4 heterocycles. The first-order valence-electron chi connectivity index (χ1n) is 13.0. The van der Waals surface area contributed by atoms with Crippen molar-refractivity contribution in [2.75, 3.05) is 28.6 Å². The number of piperidine rings is 1. The number of thiophene rings is 1. The zero-order chi connectivity index (χ0) is 27.8. The van der Waals surface area contributed by atoms with E-state index in [4.69, 9.17) is 4.74 Å². The van der Waals surface area contributed by atoms with Gasteiger partial charge in [-0.3, -0.25) is 14.5 Å². The fourth-order valence-electron chi connectivity index (χ4n) is 5.18. The van der Waals surface area contributed by atoms with Gasteiger partial charge in [-0.05, 0) is 67.8 Å². The van der Waals surface area contributed by atoms with Crippen LogP contribution in [0.5, 0.6) is 11.5 Å². The highest BCUT2D eigenvalue weighted by Gasteiger charge is 2.33. The molecule has 202 valence electrons. The molecule has 1 saturated heterocycles. The number of nitrogens with zero attached hydrogens (tertiary/aromatic N) is 3. The summed E-state index contributed by atoms with van der Waals surface area (Å²) in [4.78, 5) is 47.1. The Morgan fingerprint density at radius 2 is 1.88 bits per heavy atom. The molecule has 6 rings (SSSR count). The highest BCUT2D eigenvalue weighted by Crippen LogP contribution is 2.49. The summed E-state index contributed by atoms with van der Waals surface area (Å²) in [5.41, 5.74) is 2.82. The summed E-state index contributed by atoms with van der Waals surface area (Å²) in [5.74, 6) is 0.928.